The number of rotatable bonds is 12. The maximum Gasteiger partial charge on any atom is 0.183 e. The van der Waals surface area contributed by atoms with Gasteiger partial charge in [-0.25, -0.2) is 29.3 Å². The van der Waals surface area contributed by atoms with Crippen LogP contribution in [-0.4, -0.2) is 57.1 Å². The first-order valence-corrected chi connectivity index (χ1v) is 6.93. The first kappa shape index (κ1) is 19.7. The van der Waals surface area contributed by atoms with Gasteiger partial charge in [-0.1, -0.05) is 30.3 Å². The lowest BCUT2D eigenvalue weighted by Gasteiger charge is -2.27. The van der Waals surface area contributed by atoms with E-state index in [0.717, 1.165) is 5.56 Å². The molecule has 0 bridgehead atoms. The van der Waals surface area contributed by atoms with E-state index in [4.69, 9.17) is 14.7 Å². The molecule has 0 aliphatic rings. The van der Waals surface area contributed by atoms with E-state index in [9.17, 15) is 9.90 Å². The zero-order valence-electron chi connectivity index (χ0n) is 13.3. The van der Waals surface area contributed by atoms with E-state index in [1.165, 1.54) is 21.3 Å². The lowest BCUT2D eigenvalue weighted by Crippen LogP contribution is -2.48. The molecule has 23 heavy (non-hydrogen) atoms. The average Bonchev–Trinajstić information content (AvgIpc) is 2.57. The summed E-state index contributed by atoms with van der Waals surface area (Å²) in [4.78, 5) is 41.3. The molecule has 130 valence electrons. The summed E-state index contributed by atoms with van der Waals surface area (Å²) in [6.45, 7) is -0.482. The SMILES string of the molecule is COO[C@H]([C@H](CO)OOC)[C@@H](OOC)C(=O)Cc1ccccc1. The third kappa shape index (κ3) is 6.32. The molecule has 8 heteroatoms. The molecule has 0 fully saturated rings. The molecular weight excluding hydrogens is 308 g/mol. The molecular formula is C15H22O8. The maximum atomic E-state index is 12.5. The van der Waals surface area contributed by atoms with Crippen molar-refractivity contribution in [1.82, 2.24) is 0 Å². The summed E-state index contributed by atoms with van der Waals surface area (Å²) in [5.41, 5.74) is 0.798. The van der Waals surface area contributed by atoms with Gasteiger partial charge in [-0.05, 0) is 5.56 Å². The number of aliphatic hydroxyl groups excluding tert-OH is 1. The molecule has 0 spiro atoms. The molecule has 1 aromatic rings. The predicted octanol–water partition coefficient (Wildman–Crippen LogP) is 0.630. The van der Waals surface area contributed by atoms with Gasteiger partial charge in [0.15, 0.2) is 18.0 Å². The zero-order chi connectivity index (χ0) is 17.1. The number of Topliss-reactive ketones (excluding diaryl/α,β-unsaturated/α-hetero) is 1. The Bertz CT molecular complexity index is 438. The van der Waals surface area contributed by atoms with Gasteiger partial charge in [-0.15, -0.1) is 0 Å². The van der Waals surface area contributed by atoms with Crippen molar-refractivity contribution in [3.63, 3.8) is 0 Å². The van der Waals surface area contributed by atoms with Gasteiger partial charge in [-0.2, -0.15) is 0 Å². The van der Waals surface area contributed by atoms with Crippen LogP contribution < -0.4 is 0 Å². The van der Waals surface area contributed by atoms with Crippen LogP contribution in [0, 0.1) is 0 Å². The molecule has 0 heterocycles. The van der Waals surface area contributed by atoms with E-state index >= 15 is 0 Å². The summed E-state index contributed by atoms with van der Waals surface area (Å²) in [5.74, 6) is -0.335. The fourth-order valence-corrected chi connectivity index (χ4v) is 2.02. The van der Waals surface area contributed by atoms with Crippen LogP contribution in [0.1, 0.15) is 5.56 Å². The standard InChI is InChI=1S/C15H22O8/c1-18-21-13(10-16)15(23-20-3)14(22-19-2)12(17)9-11-7-5-4-6-8-11/h4-8,13-16H,9-10H2,1-3H3/t13-,14-,15+/m0/s1. The highest BCUT2D eigenvalue weighted by Gasteiger charge is 2.39. The fourth-order valence-electron chi connectivity index (χ4n) is 2.02. The second kappa shape index (κ2) is 11.2. The van der Waals surface area contributed by atoms with Crippen LogP contribution in [0.5, 0.6) is 0 Å². The minimum Gasteiger partial charge on any atom is -0.393 e. The monoisotopic (exact) mass is 330 g/mol. The highest BCUT2D eigenvalue weighted by atomic mass is 17.2. The Morgan fingerprint density at radius 2 is 1.61 bits per heavy atom. The van der Waals surface area contributed by atoms with Crippen molar-refractivity contribution in [2.75, 3.05) is 27.9 Å². The van der Waals surface area contributed by atoms with Crippen LogP contribution in [0.15, 0.2) is 30.3 Å². The Kier molecular flexibility index (Phi) is 9.57. The van der Waals surface area contributed by atoms with Gasteiger partial charge in [0, 0.05) is 6.42 Å². The Morgan fingerprint density at radius 1 is 1.00 bits per heavy atom. The van der Waals surface area contributed by atoms with Gasteiger partial charge in [0.1, 0.15) is 6.10 Å². The van der Waals surface area contributed by atoms with Gasteiger partial charge in [0.2, 0.25) is 0 Å². The largest absolute Gasteiger partial charge is 0.393 e. The summed E-state index contributed by atoms with van der Waals surface area (Å²) in [6.07, 6.45) is -3.21. The van der Waals surface area contributed by atoms with Gasteiger partial charge in [-0.3, -0.25) is 4.79 Å². The van der Waals surface area contributed by atoms with Crippen molar-refractivity contribution in [1.29, 1.82) is 0 Å². The van der Waals surface area contributed by atoms with Crippen LogP contribution >= 0.6 is 0 Å². The first-order valence-electron chi connectivity index (χ1n) is 6.93. The Labute approximate surface area is 134 Å². The maximum absolute atomic E-state index is 12.5. The van der Waals surface area contributed by atoms with E-state index in [0.29, 0.717) is 0 Å². The number of benzene rings is 1. The van der Waals surface area contributed by atoms with Gasteiger partial charge >= 0.3 is 0 Å². The summed E-state index contributed by atoms with van der Waals surface area (Å²) in [6, 6.07) is 9.11. The molecule has 1 aromatic carbocycles. The summed E-state index contributed by atoms with van der Waals surface area (Å²) in [7, 11) is 3.79. The molecule has 0 aliphatic heterocycles. The quantitative estimate of drug-likeness (QED) is 0.441. The second-order valence-electron chi connectivity index (χ2n) is 4.52. The predicted molar refractivity (Wildman–Crippen MR) is 77.9 cm³/mol. The van der Waals surface area contributed by atoms with Crippen LogP contribution in [0.2, 0.25) is 0 Å². The molecule has 0 radical (unpaired) electrons. The number of carbonyl (C=O) groups excluding carboxylic acids is 1. The smallest absolute Gasteiger partial charge is 0.183 e. The molecule has 3 atom stereocenters. The summed E-state index contributed by atoms with van der Waals surface area (Å²) in [5, 5.41) is 9.39. The lowest BCUT2D eigenvalue weighted by molar-refractivity contribution is -0.410. The minimum atomic E-state index is -1.19. The highest BCUT2D eigenvalue weighted by Crippen LogP contribution is 2.16. The Balaban J connectivity index is 2.91. The number of hydrogen-bond acceptors (Lipinski definition) is 8. The van der Waals surface area contributed by atoms with Crippen molar-refractivity contribution >= 4 is 5.78 Å². The Hall–Kier alpha value is -1.39. The number of ketones is 1. The fraction of sp³-hybridized carbons (Fsp3) is 0.533. The van der Waals surface area contributed by atoms with Crippen LogP contribution in [0.25, 0.3) is 0 Å². The normalized spacial score (nSPS) is 15.1. The summed E-state index contributed by atoms with van der Waals surface area (Å²) >= 11 is 0. The van der Waals surface area contributed by atoms with E-state index in [-0.39, 0.29) is 12.2 Å². The molecule has 0 unspecified atom stereocenters. The van der Waals surface area contributed by atoms with Crippen molar-refractivity contribution in [3.8, 4) is 0 Å². The molecule has 1 rings (SSSR count). The molecule has 0 saturated heterocycles. The van der Waals surface area contributed by atoms with Crippen LogP contribution in [0.3, 0.4) is 0 Å². The molecule has 1 N–H and O–H groups in total. The third-order valence-corrected chi connectivity index (χ3v) is 3.01. The van der Waals surface area contributed by atoms with Crippen molar-refractivity contribution in [3.05, 3.63) is 35.9 Å². The number of carbonyl (C=O) groups is 1. The first-order chi connectivity index (χ1) is 11.2. The van der Waals surface area contributed by atoms with Gasteiger partial charge in [0.25, 0.3) is 0 Å². The third-order valence-electron chi connectivity index (χ3n) is 3.01. The molecule has 0 aromatic heterocycles. The summed E-state index contributed by atoms with van der Waals surface area (Å²) < 4.78 is 0. The van der Waals surface area contributed by atoms with Crippen LogP contribution in [-0.2, 0) is 40.5 Å². The van der Waals surface area contributed by atoms with Gasteiger partial charge in [0.05, 0.1) is 27.9 Å². The Morgan fingerprint density at radius 3 is 2.13 bits per heavy atom. The number of aliphatic hydroxyl groups is 1. The van der Waals surface area contributed by atoms with E-state index in [2.05, 4.69) is 14.7 Å². The van der Waals surface area contributed by atoms with E-state index < -0.39 is 24.9 Å². The van der Waals surface area contributed by atoms with Crippen molar-refractivity contribution in [2.45, 2.75) is 24.7 Å². The lowest BCUT2D eigenvalue weighted by atomic mass is 9.99. The van der Waals surface area contributed by atoms with E-state index in [1.54, 1.807) is 0 Å². The van der Waals surface area contributed by atoms with Crippen molar-refractivity contribution < 1.29 is 39.2 Å². The van der Waals surface area contributed by atoms with Crippen molar-refractivity contribution in [2.24, 2.45) is 0 Å². The zero-order valence-corrected chi connectivity index (χ0v) is 13.3. The highest BCUT2D eigenvalue weighted by molar-refractivity contribution is 5.85. The van der Waals surface area contributed by atoms with Crippen LogP contribution in [0.4, 0.5) is 0 Å². The molecule has 0 saturated carbocycles. The molecule has 0 amide bonds. The molecule has 0 aliphatic carbocycles. The minimum absolute atomic E-state index is 0.0869. The van der Waals surface area contributed by atoms with E-state index in [1.807, 2.05) is 30.3 Å². The second-order valence-corrected chi connectivity index (χ2v) is 4.52. The topological polar surface area (TPSA) is 92.7 Å². The average molecular weight is 330 g/mol. The van der Waals surface area contributed by atoms with Gasteiger partial charge < -0.3 is 5.11 Å². The molecule has 8 nitrogen and oxygen atoms in total. The number of hydrogen-bond donors (Lipinski definition) is 1.